The quantitative estimate of drug-likeness (QED) is 0.345. The first-order chi connectivity index (χ1) is 15.6. The van der Waals surface area contributed by atoms with Gasteiger partial charge in [-0.2, -0.15) is 10.4 Å². The minimum atomic E-state index is -0.152. The number of aromatic nitrogens is 4. The van der Waals surface area contributed by atoms with Crippen LogP contribution in [0.2, 0.25) is 0 Å². The number of rotatable bonds is 5. The van der Waals surface area contributed by atoms with Crippen LogP contribution in [-0.2, 0) is 17.6 Å². The van der Waals surface area contributed by atoms with E-state index < -0.39 is 0 Å². The SMILES string of the molecule is CC1CCc2c(sc(NC(=O)CSc3ncnc4c3cnn4-c3ccccc3)c2C#N)C1. The van der Waals surface area contributed by atoms with Gasteiger partial charge in [-0.05, 0) is 42.9 Å². The fourth-order valence-electron chi connectivity index (χ4n) is 3.95. The summed E-state index contributed by atoms with van der Waals surface area (Å²) in [5, 5.41) is 19.2. The average molecular weight is 461 g/mol. The lowest BCUT2D eigenvalue weighted by molar-refractivity contribution is -0.113. The van der Waals surface area contributed by atoms with Crippen LogP contribution in [0.5, 0.6) is 0 Å². The maximum absolute atomic E-state index is 12.7. The first kappa shape index (κ1) is 20.7. The predicted octanol–water partition coefficient (Wildman–Crippen LogP) is 4.60. The van der Waals surface area contributed by atoms with Crippen molar-refractivity contribution in [1.82, 2.24) is 19.7 Å². The molecule has 0 saturated carbocycles. The standard InChI is InChI=1S/C23H20N6OS2/c1-14-7-8-16-17(10-24)23(32-19(16)9-14)28-20(30)12-31-22-18-11-27-29(21(18)25-13-26-22)15-5-3-2-4-6-15/h2-6,11,13-14H,7-9,12H2,1H3,(H,28,30). The lowest BCUT2D eigenvalue weighted by Gasteiger charge is -2.17. The molecule has 5 rings (SSSR count). The number of carbonyl (C=O) groups excluding carboxylic acids is 1. The van der Waals surface area contributed by atoms with Gasteiger partial charge in [-0.1, -0.05) is 36.9 Å². The van der Waals surface area contributed by atoms with E-state index in [1.807, 2.05) is 30.3 Å². The molecule has 3 heterocycles. The molecule has 0 saturated heterocycles. The van der Waals surface area contributed by atoms with E-state index in [0.717, 1.165) is 35.9 Å². The summed E-state index contributed by atoms with van der Waals surface area (Å²) in [6.45, 7) is 2.23. The number of benzene rings is 1. The smallest absolute Gasteiger partial charge is 0.235 e. The van der Waals surface area contributed by atoms with Crippen molar-refractivity contribution in [3.8, 4) is 11.8 Å². The number of thiophene rings is 1. The molecule has 7 nitrogen and oxygen atoms in total. The summed E-state index contributed by atoms with van der Waals surface area (Å²) < 4.78 is 1.76. The van der Waals surface area contributed by atoms with Gasteiger partial charge >= 0.3 is 0 Å². The molecule has 0 spiro atoms. The minimum absolute atomic E-state index is 0.152. The number of para-hydroxylation sites is 1. The predicted molar refractivity (Wildman–Crippen MR) is 126 cm³/mol. The highest BCUT2D eigenvalue weighted by molar-refractivity contribution is 8.00. The highest BCUT2D eigenvalue weighted by atomic mass is 32.2. The van der Waals surface area contributed by atoms with Crippen molar-refractivity contribution < 1.29 is 4.79 Å². The van der Waals surface area contributed by atoms with Gasteiger partial charge in [0.1, 0.15) is 22.4 Å². The fraction of sp³-hybridized carbons (Fsp3) is 0.261. The van der Waals surface area contributed by atoms with Crippen LogP contribution in [0.25, 0.3) is 16.7 Å². The summed E-state index contributed by atoms with van der Waals surface area (Å²) in [6.07, 6.45) is 6.19. The first-order valence-electron chi connectivity index (χ1n) is 10.4. The van der Waals surface area contributed by atoms with Crippen LogP contribution >= 0.6 is 23.1 Å². The highest BCUT2D eigenvalue weighted by Crippen LogP contribution is 2.39. The van der Waals surface area contributed by atoms with Crippen LogP contribution in [0, 0.1) is 17.2 Å². The Morgan fingerprint density at radius 1 is 1.34 bits per heavy atom. The number of amides is 1. The number of thioether (sulfide) groups is 1. The normalized spacial score (nSPS) is 15.3. The van der Waals surface area contributed by atoms with Gasteiger partial charge in [0.25, 0.3) is 0 Å². The summed E-state index contributed by atoms with van der Waals surface area (Å²) >= 11 is 2.88. The molecular formula is C23H20N6OS2. The second-order valence-corrected chi connectivity index (χ2v) is 9.88. The maximum atomic E-state index is 12.7. The Hall–Kier alpha value is -3.22. The van der Waals surface area contributed by atoms with Crippen molar-refractivity contribution in [2.75, 3.05) is 11.1 Å². The highest BCUT2D eigenvalue weighted by Gasteiger charge is 2.24. The zero-order chi connectivity index (χ0) is 22.1. The van der Waals surface area contributed by atoms with E-state index in [1.165, 1.54) is 23.0 Å². The summed E-state index contributed by atoms with van der Waals surface area (Å²) in [4.78, 5) is 22.7. The molecule has 0 fully saturated rings. The summed E-state index contributed by atoms with van der Waals surface area (Å²) in [5.41, 5.74) is 3.35. The molecule has 9 heteroatoms. The van der Waals surface area contributed by atoms with E-state index in [0.29, 0.717) is 27.2 Å². The van der Waals surface area contributed by atoms with E-state index in [-0.39, 0.29) is 11.7 Å². The van der Waals surface area contributed by atoms with Gasteiger partial charge < -0.3 is 5.32 Å². The number of hydrogen-bond acceptors (Lipinski definition) is 7. The molecule has 1 aromatic carbocycles. The van der Waals surface area contributed by atoms with Gasteiger partial charge in [-0.15, -0.1) is 11.3 Å². The zero-order valence-corrected chi connectivity index (χ0v) is 19.0. The third-order valence-electron chi connectivity index (χ3n) is 5.55. The second-order valence-electron chi connectivity index (χ2n) is 7.81. The van der Waals surface area contributed by atoms with Gasteiger partial charge in [-0.25, -0.2) is 14.6 Å². The summed E-state index contributed by atoms with van der Waals surface area (Å²) in [5.74, 6) is 0.649. The lowest BCUT2D eigenvalue weighted by Crippen LogP contribution is -2.14. The summed E-state index contributed by atoms with van der Waals surface area (Å²) in [7, 11) is 0. The van der Waals surface area contributed by atoms with E-state index in [4.69, 9.17) is 0 Å². The topological polar surface area (TPSA) is 96.5 Å². The monoisotopic (exact) mass is 460 g/mol. The molecule has 160 valence electrons. The molecule has 1 amide bonds. The number of carbonyl (C=O) groups is 1. The van der Waals surface area contributed by atoms with E-state index in [9.17, 15) is 10.1 Å². The minimum Gasteiger partial charge on any atom is -0.316 e. The number of nitriles is 1. The Kier molecular flexibility index (Phi) is 5.64. The fourth-order valence-corrected chi connectivity index (χ4v) is 6.09. The molecule has 1 aliphatic rings. The third kappa shape index (κ3) is 3.87. The number of anilines is 1. The van der Waals surface area contributed by atoms with Crippen LogP contribution in [0.1, 0.15) is 29.3 Å². The van der Waals surface area contributed by atoms with Crippen molar-refractivity contribution in [3.05, 3.63) is 58.9 Å². The molecule has 0 radical (unpaired) electrons. The largest absolute Gasteiger partial charge is 0.316 e. The Morgan fingerprint density at radius 2 is 2.19 bits per heavy atom. The lowest BCUT2D eigenvalue weighted by atomic mass is 9.89. The van der Waals surface area contributed by atoms with Gasteiger partial charge in [0, 0.05) is 4.88 Å². The Morgan fingerprint density at radius 3 is 3.00 bits per heavy atom. The van der Waals surface area contributed by atoms with Crippen molar-refractivity contribution in [1.29, 1.82) is 5.26 Å². The van der Waals surface area contributed by atoms with E-state index in [1.54, 1.807) is 22.2 Å². The molecule has 1 unspecified atom stereocenters. The Bertz CT molecular complexity index is 1340. The number of hydrogen-bond donors (Lipinski definition) is 1. The third-order valence-corrected chi connectivity index (χ3v) is 7.72. The molecule has 4 aromatic rings. The second kappa shape index (κ2) is 8.73. The molecular weight excluding hydrogens is 440 g/mol. The van der Waals surface area contributed by atoms with Crippen LogP contribution in [0.3, 0.4) is 0 Å². The average Bonchev–Trinajstić information content (AvgIpc) is 3.39. The van der Waals surface area contributed by atoms with Gasteiger partial charge in [0.05, 0.1) is 28.6 Å². The van der Waals surface area contributed by atoms with Crippen LogP contribution < -0.4 is 5.32 Å². The van der Waals surface area contributed by atoms with Crippen molar-refractivity contribution in [2.45, 2.75) is 31.2 Å². The molecule has 3 aromatic heterocycles. The Labute approximate surface area is 193 Å². The van der Waals surface area contributed by atoms with Crippen molar-refractivity contribution in [2.24, 2.45) is 5.92 Å². The first-order valence-corrected chi connectivity index (χ1v) is 12.2. The Balaban J connectivity index is 1.32. The van der Waals surface area contributed by atoms with Crippen LogP contribution in [0.15, 0.2) is 47.9 Å². The van der Waals surface area contributed by atoms with Crippen molar-refractivity contribution in [3.63, 3.8) is 0 Å². The molecule has 1 N–H and O–H groups in total. The van der Waals surface area contributed by atoms with E-state index >= 15 is 0 Å². The molecule has 0 bridgehead atoms. The molecule has 1 atom stereocenters. The number of nitrogens with zero attached hydrogens (tertiary/aromatic N) is 5. The van der Waals surface area contributed by atoms with E-state index in [2.05, 4.69) is 33.4 Å². The van der Waals surface area contributed by atoms with Gasteiger partial charge in [0.15, 0.2) is 5.65 Å². The van der Waals surface area contributed by atoms with Gasteiger partial charge in [-0.3, -0.25) is 4.79 Å². The number of fused-ring (bicyclic) bond motifs is 2. The van der Waals surface area contributed by atoms with Crippen LogP contribution in [0.4, 0.5) is 5.00 Å². The molecule has 0 aliphatic heterocycles. The summed E-state index contributed by atoms with van der Waals surface area (Å²) in [6, 6.07) is 12.1. The molecule has 1 aliphatic carbocycles. The van der Waals surface area contributed by atoms with Crippen molar-refractivity contribution >= 4 is 45.0 Å². The molecule has 32 heavy (non-hydrogen) atoms. The number of nitrogens with one attached hydrogen (secondary N) is 1. The van der Waals surface area contributed by atoms with Gasteiger partial charge in [0.2, 0.25) is 5.91 Å². The van der Waals surface area contributed by atoms with Crippen LogP contribution in [-0.4, -0.2) is 31.4 Å². The zero-order valence-electron chi connectivity index (χ0n) is 17.4. The maximum Gasteiger partial charge on any atom is 0.235 e.